The molecule has 2 atom stereocenters. The van der Waals surface area contributed by atoms with Crippen molar-refractivity contribution in [2.24, 2.45) is 10.9 Å². The Hall–Kier alpha value is -1.78. The number of hydrogen-bond donors (Lipinski definition) is 2. The van der Waals surface area contributed by atoms with E-state index in [2.05, 4.69) is 34.5 Å². The van der Waals surface area contributed by atoms with E-state index in [1.54, 1.807) is 13.3 Å². The van der Waals surface area contributed by atoms with Crippen LogP contribution in [-0.4, -0.2) is 30.6 Å². The molecule has 1 saturated carbocycles. The van der Waals surface area contributed by atoms with Crippen molar-refractivity contribution < 1.29 is 4.74 Å². The van der Waals surface area contributed by atoms with Crippen molar-refractivity contribution >= 4 is 5.96 Å². The number of aliphatic imine (C=N–C) groups is 1. The molecule has 2 unspecified atom stereocenters. The molecule has 104 valence electrons. The molecule has 1 aromatic heterocycles. The van der Waals surface area contributed by atoms with Gasteiger partial charge in [-0.25, -0.2) is 9.98 Å². The molecule has 0 saturated heterocycles. The summed E-state index contributed by atoms with van der Waals surface area (Å²) in [5.41, 5.74) is 1.07. The van der Waals surface area contributed by atoms with Gasteiger partial charge < -0.3 is 15.4 Å². The first-order valence-electron chi connectivity index (χ1n) is 6.76. The third kappa shape index (κ3) is 4.12. The predicted octanol–water partition coefficient (Wildman–Crippen LogP) is 1.55. The van der Waals surface area contributed by atoms with Gasteiger partial charge in [0.1, 0.15) is 0 Å². The lowest BCUT2D eigenvalue weighted by Crippen LogP contribution is -2.39. The number of nitrogens with zero attached hydrogens (tertiary/aromatic N) is 2. The summed E-state index contributed by atoms with van der Waals surface area (Å²) in [6.07, 6.45) is 3.03. The van der Waals surface area contributed by atoms with Gasteiger partial charge in [0.25, 0.3) is 0 Å². The van der Waals surface area contributed by atoms with Gasteiger partial charge >= 0.3 is 0 Å². The van der Waals surface area contributed by atoms with Crippen LogP contribution in [0.25, 0.3) is 0 Å². The van der Waals surface area contributed by atoms with Gasteiger partial charge in [0.2, 0.25) is 5.88 Å². The van der Waals surface area contributed by atoms with Crippen LogP contribution in [0.2, 0.25) is 0 Å². The topological polar surface area (TPSA) is 58.5 Å². The van der Waals surface area contributed by atoms with E-state index in [0.717, 1.165) is 24.0 Å². The molecular weight excluding hydrogens is 240 g/mol. The summed E-state index contributed by atoms with van der Waals surface area (Å²) in [4.78, 5) is 8.74. The van der Waals surface area contributed by atoms with Crippen molar-refractivity contribution in [2.45, 2.75) is 32.9 Å². The van der Waals surface area contributed by atoms with E-state index in [9.17, 15) is 0 Å². The Bertz CT molecular complexity index is 430. The highest BCUT2D eigenvalue weighted by atomic mass is 16.5. The standard InChI is InChI=1S/C14H22N4O/c1-4-15-14(18-12-7-10(12)2)17-9-11-5-6-13(19-3)16-8-11/h5-6,8,10,12H,4,7,9H2,1-3H3,(H2,15,17,18). The second-order valence-electron chi connectivity index (χ2n) is 4.87. The fourth-order valence-corrected chi connectivity index (χ4v) is 1.81. The fraction of sp³-hybridized carbons (Fsp3) is 0.571. The number of ether oxygens (including phenoxy) is 1. The van der Waals surface area contributed by atoms with E-state index in [-0.39, 0.29) is 0 Å². The van der Waals surface area contributed by atoms with E-state index >= 15 is 0 Å². The summed E-state index contributed by atoms with van der Waals surface area (Å²) >= 11 is 0. The maximum Gasteiger partial charge on any atom is 0.212 e. The zero-order valence-electron chi connectivity index (χ0n) is 11.8. The molecule has 0 spiro atoms. The highest BCUT2D eigenvalue weighted by molar-refractivity contribution is 5.80. The molecule has 2 rings (SSSR count). The predicted molar refractivity (Wildman–Crippen MR) is 76.3 cm³/mol. The van der Waals surface area contributed by atoms with Crippen LogP contribution in [0.3, 0.4) is 0 Å². The van der Waals surface area contributed by atoms with Gasteiger partial charge in [-0.05, 0) is 24.8 Å². The molecule has 1 aromatic rings. The summed E-state index contributed by atoms with van der Waals surface area (Å²) < 4.78 is 5.03. The van der Waals surface area contributed by atoms with Crippen LogP contribution >= 0.6 is 0 Å². The Balaban J connectivity index is 1.92. The van der Waals surface area contributed by atoms with Crippen molar-refractivity contribution in [3.8, 4) is 5.88 Å². The average molecular weight is 262 g/mol. The zero-order chi connectivity index (χ0) is 13.7. The van der Waals surface area contributed by atoms with E-state index in [1.165, 1.54) is 6.42 Å². The van der Waals surface area contributed by atoms with Crippen LogP contribution in [0, 0.1) is 5.92 Å². The van der Waals surface area contributed by atoms with Gasteiger partial charge in [0, 0.05) is 24.8 Å². The normalized spacial score (nSPS) is 21.9. The molecule has 1 aliphatic carbocycles. The molecule has 0 radical (unpaired) electrons. The molecule has 2 N–H and O–H groups in total. The number of nitrogens with one attached hydrogen (secondary N) is 2. The number of pyridine rings is 1. The van der Waals surface area contributed by atoms with Crippen molar-refractivity contribution in [1.82, 2.24) is 15.6 Å². The molecule has 5 nitrogen and oxygen atoms in total. The van der Waals surface area contributed by atoms with Gasteiger partial charge in [-0.3, -0.25) is 0 Å². The Morgan fingerprint density at radius 3 is 2.84 bits per heavy atom. The Morgan fingerprint density at radius 1 is 1.53 bits per heavy atom. The molecule has 0 amide bonds. The minimum absolute atomic E-state index is 0.576. The average Bonchev–Trinajstić information content (AvgIpc) is 3.12. The molecule has 0 bridgehead atoms. The van der Waals surface area contributed by atoms with Crippen LogP contribution < -0.4 is 15.4 Å². The van der Waals surface area contributed by atoms with Gasteiger partial charge in [0.05, 0.1) is 13.7 Å². The molecular formula is C14H22N4O. The lowest BCUT2D eigenvalue weighted by molar-refractivity contribution is 0.397. The molecule has 19 heavy (non-hydrogen) atoms. The van der Waals surface area contributed by atoms with Crippen LogP contribution in [0.5, 0.6) is 5.88 Å². The number of rotatable bonds is 5. The molecule has 0 aromatic carbocycles. The van der Waals surface area contributed by atoms with E-state index < -0.39 is 0 Å². The molecule has 0 aliphatic heterocycles. The lowest BCUT2D eigenvalue weighted by atomic mass is 10.3. The third-order valence-electron chi connectivity index (χ3n) is 3.20. The summed E-state index contributed by atoms with van der Waals surface area (Å²) in [5, 5.41) is 6.69. The second-order valence-corrected chi connectivity index (χ2v) is 4.87. The summed E-state index contributed by atoms with van der Waals surface area (Å²) in [6, 6.07) is 4.42. The summed E-state index contributed by atoms with van der Waals surface area (Å²) in [7, 11) is 1.62. The van der Waals surface area contributed by atoms with Crippen molar-refractivity contribution in [1.29, 1.82) is 0 Å². The van der Waals surface area contributed by atoms with Crippen molar-refractivity contribution in [3.05, 3.63) is 23.9 Å². The van der Waals surface area contributed by atoms with Gasteiger partial charge in [-0.2, -0.15) is 0 Å². The van der Waals surface area contributed by atoms with Gasteiger partial charge in [-0.15, -0.1) is 0 Å². The Labute approximate surface area is 114 Å². The quantitative estimate of drug-likeness (QED) is 0.624. The minimum Gasteiger partial charge on any atom is -0.481 e. The van der Waals surface area contributed by atoms with E-state index in [4.69, 9.17) is 4.74 Å². The number of aromatic nitrogens is 1. The Kier molecular flexibility index (Phi) is 4.60. The van der Waals surface area contributed by atoms with E-state index in [0.29, 0.717) is 18.5 Å². The monoisotopic (exact) mass is 262 g/mol. The first-order valence-corrected chi connectivity index (χ1v) is 6.76. The first-order chi connectivity index (χ1) is 9.22. The smallest absolute Gasteiger partial charge is 0.212 e. The summed E-state index contributed by atoms with van der Waals surface area (Å²) in [6.45, 7) is 5.80. The maximum atomic E-state index is 5.03. The maximum absolute atomic E-state index is 5.03. The molecule has 5 heteroatoms. The minimum atomic E-state index is 0.576. The second kappa shape index (κ2) is 6.41. The third-order valence-corrected chi connectivity index (χ3v) is 3.20. The Morgan fingerprint density at radius 2 is 2.32 bits per heavy atom. The number of guanidine groups is 1. The molecule has 1 aliphatic rings. The van der Waals surface area contributed by atoms with Gasteiger partial charge in [-0.1, -0.05) is 13.0 Å². The SMILES string of the molecule is CCNC(=NCc1ccc(OC)nc1)NC1CC1C. The van der Waals surface area contributed by atoms with Crippen molar-refractivity contribution in [2.75, 3.05) is 13.7 Å². The largest absolute Gasteiger partial charge is 0.481 e. The first kappa shape index (κ1) is 13.6. The van der Waals surface area contributed by atoms with Crippen LogP contribution in [0.1, 0.15) is 25.8 Å². The van der Waals surface area contributed by atoms with Crippen molar-refractivity contribution in [3.63, 3.8) is 0 Å². The summed E-state index contributed by atoms with van der Waals surface area (Å²) in [5.74, 6) is 2.27. The molecule has 1 heterocycles. The highest BCUT2D eigenvalue weighted by Crippen LogP contribution is 2.28. The van der Waals surface area contributed by atoms with Crippen LogP contribution in [-0.2, 0) is 6.54 Å². The highest BCUT2D eigenvalue weighted by Gasteiger charge is 2.33. The number of methoxy groups -OCH3 is 1. The van der Waals surface area contributed by atoms with Crippen LogP contribution in [0.15, 0.2) is 23.3 Å². The zero-order valence-corrected chi connectivity index (χ0v) is 11.8. The van der Waals surface area contributed by atoms with Crippen LogP contribution in [0.4, 0.5) is 0 Å². The lowest BCUT2D eigenvalue weighted by Gasteiger charge is -2.10. The fourth-order valence-electron chi connectivity index (χ4n) is 1.81. The number of hydrogen-bond acceptors (Lipinski definition) is 3. The van der Waals surface area contributed by atoms with E-state index in [1.807, 2.05) is 12.1 Å². The molecule has 1 fully saturated rings. The van der Waals surface area contributed by atoms with Gasteiger partial charge in [0.15, 0.2) is 5.96 Å².